The van der Waals surface area contributed by atoms with E-state index in [1.807, 2.05) is 20.8 Å². The van der Waals surface area contributed by atoms with Gasteiger partial charge in [-0.05, 0) is 39.0 Å². The van der Waals surface area contributed by atoms with Crippen LogP contribution in [0.5, 0.6) is 0 Å². The zero-order chi connectivity index (χ0) is 11.4. The molecule has 0 aliphatic rings. The van der Waals surface area contributed by atoms with E-state index in [2.05, 4.69) is 0 Å². The molecule has 0 bridgehead atoms. The molecule has 0 aliphatic heterocycles. The van der Waals surface area contributed by atoms with E-state index in [-0.39, 0.29) is 17.8 Å². The van der Waals surface area contributed by atoms with Gasteiger partial charge in [-0.2, -0.15) is 0 Å². The van der Waals surface area contributed by atoms with Crippen LogP contribution in [0.1, 0.15) is 31.1 Å². The second-order valence-electron chi connectivity index (χ2n) is 3.70. The number of amides is 1. The zero-order valence-electron chi connectivity index (χ0n) is 9.33. The minimum Gasteiger partial charge on any atom is -0.337 e. The van der Waals surface area contributed by atoms with Crippen molar-refractivity contribution in [1.82, 2.24) is 4.90 Å². The second-order valence-corrected chi connectivity index (χ2v) is 3.70. The lowest BCUT2D eigenvalue weighted by Gasteiger charge is -2.25. The van der Waals surface area contributed by atoms with Crippen molar-refractivity contribution in [3.8, 4) is 0 Å². The summed E-state index contributed by atoms with van der Waals surface area (Å²) in [5, 5.41) is 0. The highest BCUT2D eigenvalue weighted by molar-refractivity contribution is 5.94. The molecule has 0 spiro atoms. The third kappa shape index (κ3) is 2.78. The number of carbonyl (C=O) groups excluding carboxylic acids is 1. The molecule has 2 nitrogen and oxygen atoms in total. The van der Waals surface area contributed by atoms with Crippen LogP contribution in [0, 0.1) is 5.82 Å². The summed E-state index contributed by atoms with van der Waals surface area (Å²) in [6.07, 6.45) is 0. The second kappa shape index (κ2) is 4.91. The smallest absolute Gasteiger partial charge is 0.254 e. The van der Waals surface area contributed by atoms with Crippen LogP contribution in [-0.2, 0) is 0 Å². The van der Waals surface area contributed by atoms with Crippen molar-refractivity contribution in [1.29, 1.82) is 0 Å². The molecule has 0 N–H and O–H groups in total. The van der Waals surface area contributed by atoms with Crippen molar-refractivity contribution in [2.75, 3.05) is 6.54 Å². The minimum absolute atomic E-state index is 0.119. The first-order valence-corrected chi connectivity index (χ1v) is 5.12. The predicted molar refractivity (Wildman–Crippen MR) is 58.2 cm³/mol. The van der Waals surface area contributed by atoms with Gasteiger partial charge in [0.25, 0.3) is 5.91 Å². The molecule has 0 saturated carbocycles. The predicted octanol–water partition coefficient (Wildman–Crippen LogP) is 2.70. The van der Waals surface area contributed by atoms with E-state index in [0.717, 1.165) is 0 Å². The van der Waals surface area contributed by atoms with Crippen molar-refractivity contribution < 1.29 is 9.18 Å². The van der Waals surface area contributed by atoms with Crippen LogP contribution in [0.4, 0.5) is 4.39 Å². The molecule has 82 valence electrons. The first-order chi connectivity index (χ1) is 7.06. The number of carbonyl (C=O) groups is 1. The number of benzene rings is 1. The zero-order valence-corrected chi connectivity index (χ0v) is 9.33. The Morgan fingerprint density at radius 1 is 1.47 bits per heavy atom. The summed E-state index contributed by atoms with van der Waals surface area (Å²) in [6.45, 7) is 6.44. The summed E-state index contributed by atoms with van der Waals surface area (Å²) in [7, 11) is 0. The van der Waals surface area contributed by atoms with Gasteiger partial charge >= 0.3 is 0 Å². The van der Waals surface area contributed by atoms with E-state index in [4.69, 9.17) is 0 Å². The Balaban J connectivity index is 2.93. The van der Waals surface area contributed by atoms with Crippen LogP contribution in [0.25, 0.3) is 0 Å². The summed E-state index contributed by atoms with van der Waals surface area (Å²) in [6, 6.07) is 5.92. The first-order valence-electron chi connectivity index (χ1n) is 5.12. The average molecular weight is 209 g/mol. The number of hydrogen-bond acceptors (Lipinski definition) is 1. The molecule has 1 amide bonds. The molecule has 0 atom stereocenters. The van der Waals surface area contributed by atoms with Gasteiger partial charge in [0.1, 0.15) is 5.82 Å². The van der Waals surface area contributed by atoms with Crippen molar-refractivity contribution in [3.63, 3.8) is 0 Å². The summed E-state index contributed by atoms with van der Waals surface area (Å²) < 4.78 is 12.9. The molecule has 1 aromatic carbocycles. The standard InChI is InChI=1S/C12H16FNO/c1-4-14(9(2)3)12(15)10-6-5-7-11(13)8-10/h5-9H,4H2,1-3H3. The molecule has 0 aromatic heterocycles. The van der Waals surface area contributed by atoms with E-state index in [1.165, 1.54) is 12.1 Å². The highest BCUT2D eigenvalue weighted by Crippen LogP contribution is 2.09. The van der Waals surface area contributed by atoms with Crippen LogP contribution in [0.2, 0.25) is 0 Å². The molecule has 0 fully saturated rings. The third-order valence-electron chi connectivity index (χ3n) is 2.30. The van der Waals surface area contributed by atoms with E-state index in [9.17, 15) is 9.18 Å². The van der Waals surface area contributed by atoms with Gasteiger partial charge in [-0.1, -0.05) is 6.07 Å². The molecule has 3 heteroatoms. The van der Waals surface area contributed by atoms with Gasteiger partial charge in [-0.15, -0.1) is 0 Å². The average Bonchev–Trinajstić information content (AvgIpc) is 2.18. The normalized spacial score (nSPS) is 10.5. The highest BCUT2D eigenvalue weighted by Gasteiger charge is 2.16. The molecular weight excluding hydrogens is 193 g/mol. The molecule has 15 heavy (non-hydrogen) atoms. The summed E-state index contributed by atoms with van der Waals surface area (Å²) in [5.74, 6) is -0.493. The highest BCUT2D eigenvalue weighted by atomic mass is 19.1. The molecular formula is C12H16FNO. The van der Waals surface area contributed by atoms with E-state index in [1.54, 1.807) is 17.0 Å². The molecule has 1 rings (SSSR count). The Hall–Kier alpha value is -1.38. The van der Waals surface area contributed by atoms with Gasteiger partial charge in [0.05, 0.1) is 0 Å². The van der Waals surface area contributed by atoms with Gasteiger partial charge in [-0.25, -0.2) is 4.39 Å². The van der Waals surface area contributed by atoms with Gasteiger partial charge in [0.15, 0.2) is 0 Å². The molecule has 1 aromatic rings. The van der Waals surface area contributed by atoms with Gasteiger partial charge < -0.3 is 4.90 Å². The number of hydrogen-bond donors (Lipinski definition) is 0. The van der Waals surface area contributed by atoms with E-state index in [0.29, 0.717) is 12.1 Å². The quantitative estimate of drug-likeness (QED) is 0.749. The fourth-order valence-electron chi connectivity index (χ4n) is 1.53. The summed E-state index contributed by atoms with van der Waals surface area (Å²) >= 11 is 0. The third-order valence-corrected chi connectivity index (χ3v) is 2.30. The fourth-order valence-corrected chi connectivity index (χ4v) is 1.53. The Kier molecular flexibility index (Phi) is 3.83. The maximum Gasteiger partial charge on any atom is 0.254 e. The van der Waals surface area contributed by atoms with Crippen molar-refractivity contribution in [3.05, 3.63) is 35.6 Å². The fraction of sp³-hybridized carbons (Fsp3) is 0.417. The van der Waals surface area contributed by atoms with Crippen molar-refractivity contribution in [2.24, 2.45) is 0 Å². The van der Waals surface area contributed by atoms with Crippen LogP contribution in [0.15, 0.2) is 24.3 Å². The molecule has 0 aliphatic carbocycles. The lowest BCUT2D eigenvalue weighted by atomic mass is 10.1. The minimum atomic E-state index is -0.374. The number of halogens is 1. The monoisotopic (exact) mass is 209 g/mol. The van der Waals surface area contributed by atoms with Gasteiger partial charge in [-0.3, -0.25) is 4.79 Å². The van der Waals surface area contributed by atoms with Gasteiger partial charge in [0.2, 0.25) is 0 Å². The molecule has 0 saturated heterocycles. The Labute approximate surface area is 89.7 Å². The van der Waals surface area contributed by atoms with Crippen molar-refractivity contribution in [2.45, 2.75) is 26.8 Å². The molecule has 0 heterocycles. The van der Waals surface area contributed by atoms with Crippen LogP contribution >= 0.6 is 0 Å². The largest absolute Gasteiger partial charge is 0.337 e. The van der Waals surface area contributed by atoms with E-state index < -0.39 is 0 Å². The van der Waals surface area contributed by atoms with Crippen LogP contribution in [-0.4, -0.2) is 23.4 Å². The lowest BCUT2D eigenvalue weighted by molar-refractivity contribution is 0.0716. The van der Waals surface area contributed by atoms with E-state index >= 15 is 0 Å². The summed E-state index contributed by atoms with van der Waals surface area (Å²) in [4.78, 5) is 13.6. The van der Waals surface area contributed by atoms with Crippen LogP contribution in [0.3, 0.4) is 0 Å². The van der Waals surface area contributed by atoms with Crippen LogP contribution < -0.4 is 0 Å². The molecule has 0 unspecified atom stereocenters. The van der Waals surface area contributed by atoms with Gasteiger partial charge in [0, 0.05) is 18.2 Å². The first kappa shape index (κ1) is 11.7. The maximum atomic E-state index is 12.9. The number of rotatable bonds is 3. The maximum absolute atomic E-state index is 12.9. The van der Waals surface area contributed by atoms with Crippen molar-refractivity contribution >= 4 is 5.91 Å². The topological polar surface area (TPSA) is 20.3 Å². The molecule has 0 radical (unpaired) electrons. The Bertz CT molecular complexity index is 349. The Morgan fingerprint density at radius 2 is 2.13 bits per heavy atom. The Morgan fingerprint density at radius 3 is 2.60 bits per heavy atom. The number of nitrogens with zero attached hydrogens (tertiary/aromatic N) is 1. The lowest BCUT2D eigenvalue weighted by Crippen LogP contribution is -2.36. The SMILES string of the molecule is CCN(C(=O)c1cccc(F)c1)C(C)C. The summed E-state index contributed by atoms with van der Waals surface area (Å²) in [5.41, 5.74) is 0.408.